The van der Waals surface area contributed by atoms with Crippen LogP contribution in [-0.4, -0.2) is 31.6 Å². The minimum atomic E-state index is -0.136. The molecule has 7 heteroatoms. The van der Waals surface area contributed by atoms with Crippen LogP contribution in [0.3, 0.4) is 0 Å². The smallest absolute Gasteiger partial charge is 0.254 e. The number of furan rings is 1. The van der Waals surface area contributed by atoms with Crippen molar-refractivity contribution in [2.45, 2.75) is 19.5 Å². The molecular formula is C18H17N3O4. The maximum absolute atomic E-state index is 12.3. The number of rotatable bonds is 3. The number of phenolic OH excluding ortho intramolecular Hbond substituents is 2. The molecule has 1 aromatic carbocycles. The summed E-state index contributed by atoms with van der Waals surface area (Å²) in [7, 11) is 0. The van der Waals surface area contributed by atoms with Crippen LogP contribution < -0.4 is 5.56 Å². The highest BCUT2D eigenvalue weighted by atomic mass is 16.3. The molecule has 3 aromatic rings. The van der Waals surface area contributed by atoms with Crippen molar-refractivity contribution < 1.29 is 14.6 Å². The number of H-pyrrole nitrogens is 1. The van der Waals surface area contributed by atoms with Crippen molar-refractivity contribution in [1.82, 2.24) is 14.9 Å². The van der Waals surface area contributed by atoms with E-state index in [0.29, 0.717) is 43.2 Å². The maximum atomic E-state index is 12.3. The zero-order chi connectivity index (χ0) is 17.4. The molecule has 1 aliphatic rings. The lowest BCUT2D eigenvalue weighted by Crippen LogP contribution is -2.35. The van der Waals surface area contributed by atoms with E-state index in [4.69, 9.17) is 4.42 Å². The van der Waals surface area contributed by atoms with Gasteiger partial charge >= 0.3 is 0 Å². The van der Waals surface area contributed by atoms with Crippen molar-refractivity contribution in [3.8, 4) is 23.1 Å². The summed E-state index contributed by atoms with van der Waals surface area (Å²) in [6.45, 7) is 1.71. The van der Waals surface area contributed by atoms with Gasteiger partial charge in [-0.05, 0) is 24.6 Å². The largest absolute Gasteiger partial charge is 0.508 e. The van der Waals surface area contributed by atoms with Crippen molar-refractivity contribution in [2.24, 2.45) is 0 Å². The molecule has 0 fully saturated rings. The van der Waals surface area contributed by atoms with Crippen molar-refractivity contribution in [2.75, 3.05) is 6.54 Å². The molecule has 128 valence electrons. The van der Waals surface area contributed by atoms with E-state index < -0.39 is 0 Å². The van der Waals surface area contributed by atoms with E-state index in [-0.39, 0.29) is 17.1 Å². The fraction of sp³-hybridized carbons (Fsp3) is 0.222. The summed E-state index contributed by atoms with van der Waals surface area (Å²) in [4.78, 5) is 21.7. The average Bonchev–Trinajstić information content (AvgIpc) is 3.12. The summed E-state index contributed by atoms with van der Waals surface area (Å²) in [5.74, 6) is 1.03. The summed E-state index contributed by atoms with van der Waals surface area (Å²) in [6, 6.07) is 8.06. The molecule has 0 aliphatic carbocycles. The molecule has 4 rings (SSSR count). The molecule has 0 radical (unpaired) electrons. The molecule has 25 heavy (non-hydrogen) atoms. The number of benzene rings is 1. The zero-order valence-corrected chi connectivity index (χ0v) is 13.4. The van der Waals surface area contributed by atoms with Gasteiger partial charge in [0.25, 0.3) is 5.56 Å². The highest BCUT2D eigenvalue weighted by molar-refractivity contribution is 5.47. The Kier molecular flexibility index (Phi) is 3.77. The lowest BCUT2D eigenvalue weighted by molar-refractivity contribution is 0.237. The van der Waals surface area contributed by atoms with E-state index >= 15 is 0 Å². The Labute approximate surface area is 143 Å². The van der Waals surface area contributed by atoms with Crippen LogP contribution in [0.2, 0.25) is 0 Å². The summed E-state index contributed by atoms with van der Waals surface area (Å²) in [6.07, 6.45) is 2.13. The highest BCUT2D eigenvalue weighted by Gasteiger charge is 2.22. The first-order valence-electron chi connectivity index (χ1n) is 7.99. The number of fused-ring (bicyclic) bond motifs is 1. The Morgan fingerprint density at radius 2 is 2.16 bits per heavy atom. The van der Waals surface area contributed by atoms with E-state index in [2.05, 4.69) is 14.9 Å². The van der Waals surface area contributed by atoms with E-state index in [9.17, 15) is 15.0 Å². The summed E-state index contributed by atoms with van der Waals surface area (Å²) in [5, 5.41) is 19.4. The van der Waals surface area contributed by atoms with Gasteiger partial charge < -0.3 is 19.6 Å². The molecule has 0 saturated heterocycles. The van der Waals surface area contributed by atoms with Gasteiger partial charge in [-0.3, -0.25) is 9.69 Å². The number of nitrogens with one attached hydrogen (secondary N) is 1. The molecule has 0 atom stereocenters. The summed E-state index contributed by atoms with van der Waals surface area (Å²) >= 11 is 0. The van der Waals surface area contributed by atoms with Gasteiger partial charge in [0.1, 0.15) is 11.5 Å². The first-order valence-corrected chi connectivity index (χ1v) is 7.99. The van der Waals surface area contributed by atoms with E-state index in [1.54, 1.807) is 24.3 Å². The van der Waals surface area contributed by atoms with Crippen LogP contribution in [0.1, 0.15) is 16.8 Å². The second-order valence-electron chi connectivity index (χ2n) is 6.09. The molecular weight excluding hydrogens is 322 g/mol. The van der Waals surface area contributed by atoms with Crippen LogP contribution in [0.5, 0.6) is 11.5 Å². The monoisotopic (exact) mass is 339 g/mol. The fourth-order valence-corrected chi connectivity index (χ4v) is 3.09. The van der Waals surface area contributed by atoms with Gasteiger partial charge in [0.15, 0.2) is 11.6 Å². The van der Waals surface area contributed by atoms with Crippen LogP contribution in [0.25, 0.3) is 11.6 Å². The number of aromatic amines is 1. The number of phenols is 2. The first-order chi connectivity index (χ1) is 12.1. The SMILES string of the molecule is O=c1[nH]c(-c2ccco2)nc2c1CCN(Cc1ccc(O)cc1O)C2. The number of hydrogen-bond acceptors (Lipinski definition) is 6. The van der Waals surface area contributed by atoms with Crippen LogP contribution in [0.15, 0.2) is 45.8 Å². The Hall–Kier alpha value is -3.06. The predicted molar refractivity (Wildman–Crippen MR) is 90.1 cm³/mol. The Morgan fingerprint density at radius 3 is 2.92 bits per heavy atom. The topological polar surface area (TPSA) is 103 Å². The third-order valence-electron chi connectivity index (χ3n) is 4.37. The maximum Gasteiger partial charge on any atom is 0.254 e. The number of aromatic hydroxyl groups is 2. The minimum Gasteiger partial charge on any atom is -0.508 e. The highest BCUT2D eigenvalue weighted by Crippen LogP contribution is 2.26. The van der Waals surface area contributed by atoms with Gasteiger partial charge in [-0.1, -0.05) is 6.07 Å². The number of nitrogens with zero attached hydrogens (tertiary/aromatic N) is 2. The van der Waals surface area contributed by atoms with E-state index in [1.165, 1.54) is 12.3 Å². The Morgan fingerprint density at radius 1 is 1.28 bits per heavy atom. The molecule has 3 N–H and O–H groups in total. The quantitative estimate of drug-likeness (QED) is 0.674. The van der Waals surface area contributed by atoms with Gasteiger partial charge in [-0.25, -0.2) is 4.98 Å². The Balaban J connectivity index is 1.61. The molecule has 3 heterocycles. The summed E-state index contributed by atoms with van der Waals surface area (Å²) < 4.78 is 5.31. The second kappa shape index (κ2) is 6.10. The van der Waals surface area contributed by atoms with Gasteiger partial charge in [-0.2, -0.15) is 0 Å². The molecule has 0 bridgehead atoms. The van der Waals surface area contributed by atoms with Crippen LogP contribution in [-0.2, 0) is 19.5 Å². The summed E-state index contributed by atoms with van der Waals surface area (Å²) in [5.41, 5.74) is 2.00. The number of hydrogen-bond donors (Lipinski definition) is 3. The van der Waals surface area contributed by atoms with E-state index in [0.717, 1.165) is 11.3 Å². The predicted octanol–water partition coefficient (Wildman–Crippen LogP) is 2.00. The second-order valence-corrected chi connectivity index (χ2v) is 6.09. The van der Waals surface area contributed by atoms with Gasteiger partial charge in [-0.15, -0.1) is 0 Å². The van der Waals surface area contributed by atoms with Crippen LogP contribution >= 0.6 is 0 Å². The fourth-order valence-electron chi connectivity index (χ4n) is 3.09. The molecule has 1 aliphatic heterocycles. The third kappa shape index (κ3) is 3.01. The lowest BCUT2D eigenvalue weighted by atomic mass is 10.1. The molecule has 7 nitrogen and oxygen atoms in total. The number of aromatic nitrogens is 2. The lowest BCUT2D eigenvalue weighted by Gasteiger charge is -2.27. The van der Waals surface area contributed by atoms with Gasteiger partial charge in [0, 0.05) is 36.8 Å². The third-order valence-corrected chi connectivity index (χ3v) is 4.37. The van der Waals surface area contributed by atoms with Crippen LogP contribution in [0, 0.1) is 0 Å². The van der Waals surface area contributed by atoms with E-state index in [1.807, 2.05) is 0 Å². The molecule has 0 spiro atoms. The van der Waals surface area contributed by atoms with Crippen LogP contribution in [0.4, 0.5) is 0 Å². The molecule has 2 aromatic heterocycles. The minimum absolute atomic E-state index is 0.0292. The van der Waals surface area contributed by atoms with Gasteiger partial charge in [0.05, 0.1) is 12.0 Å². The van der Waals surface area contributed by atoms with Gasteiger partial charge in [0.2, 0.25) is 0 Å². The van der Waals surface area contributed by atoms with Crippen molar-refractivity contribution in [3.63, 3.8) is 0 Å². The average molecular weight is 339 g/mol. The molecule has 0 unspecified atom stereocenters. The molecule has 0 amide bonds. The normalized spacial score (nSPS) is 14.4. The molecule has 0 saturated carbocycles. The zero-order valence-electron chi connectivity index (χ0n) is 13.4. The standard InChI is InChI=1S/C18H17N3O4/c22-12-4-3-11(15(23)8-12)9-21-6-5-13-14(10-21)19-17(20-18(13)24)16-2-1-7-25-16/h1-4,7-8,22-23H,5-6,9-10H2,(H,19,20,24). The Bertz CT molecular complexity index is 963. The van der Waals surface area contributed by atoms with Crippen molar-refractivity contribution in [3.05, 3.63) is 63.8 Å². The first kappa shape index (κ1) is 15.5. The van der Waals surface area contributed by atoms with Crippen molar-refractivity contribution >= 4 is 0 Å². The van der Waals surface area contributed by atoms with Crippen molar-refractivity contribution in [1.29, 1.82) is 0 Å².